The Morgan fingerprint density at radius 3 is 0.869 bits per heavy atom. The van der Waals surface area contributed by atoms with Crippen LogP contribution >= 0.6 is 11.8 Å². The van der Waals surface area contributed by atoms with E-state index in [1.165, 1.54) is 26.5 Å². The zero-order valence-electron chi connectivity index (χ0n) is 33.1. The number of benzene rings is 8. The van der Waals surface area contributed by atoms with E-state index in [0.717, 1.165) is 55.9 Å². The van der Waals surface area contributed by atoms with Gasteiger partial charge in [0.25, 0.3) is 0 Å². The topological polar surface area (TPSA) is 51.6 Å². The molecule has 2 aromatic heterocycles. The standard InChI is InChI=1S/C56H38N4S/c1-5-13-39(14-6-1)49-37-52(44-15-7-2-8-16-44)57-53(38-49)45-25-21-40(22-26-45)42-29-33-50(34-30-42)61-51-35-31-43(32-36-51)41-23-27-48(28-24-41)56-59-54(46-17-9-3-10-18-46)58-55(60-56)47-19-11-4-12-20-47/h1-38H. The fourth-order valence-corrected chi connectivity index (χ4v) is 8.20. The highest BCUT2D eigenvalue weighted by atomic mass is 32.2. The van der Waals surface area contributed by atoms with E-state index in [0.29, 0.717) is 17.5 Å². The van der Waals surface area contributed by atoms with Crippen molar-refractivity contribution in [3.05, 3.63) is 231 Å². The predicted octanol–water partition coefficient (Wildman–Crippen LogP) is 14.8. The van der Waals surface area contributed by atoms with Crippen LogP contribution in [0, 0.1) is 0 Å². The molecule has 2 heterocycles. The average molecular weight is 799 g/mol. The minimum Gasteiger partial charge on any atom is -0.248 e. The smallest absolute Gasteiger partial charge is 0.164 e. The van der Waals surface area contributed by atoms with Gasteiger partial charge in [0.1, 0.15) is 0 Å². The van der Waals surface area contributed by atoms with E-state index in [1.54, 1.807) is 11.8 Å². The molecule has 0 fully saturated rings. The zero-order chi connectivity index (χ0) is 40.8. The molecule has 8 aromatic carbocycles. The van der Waals surface area contributed by atoms with Crippen molar-refractivity contribution in [1.82, 2.24) is 19.9 Å². The molecule has 10 aromatic rings. The van der Waals surface area contributed by atoms with Gasteiger partial charge in [-0.2, -0.15) is 0 Å². The highest BCUT2D eigenvalue weighted by molar-refractivity contribution is 7.99. The van der Waals surface area contributed by atoms with E-state index in [-0.39, 0.29) is 0 Å². The van der Waals surface area contributed by atoms with E-state index < -0.39 is 0 Å². The van der Waals surface area contributed by atoms with Gasteiger partial charge in [-0.3, -0.25) is 0 Å². The highest BCUT2D eigenvalue weighted by Gasteiger charge is 2.13. The van der Waals surface area contributed by atoms with Crippen molar-refractivity contribution in [3.63, 3.8) is 0 Å². The lowest BCUT2D eigenvalue weighted by molar-refractivity contribution is 1.07. The van der Waals surface area contributed by atoms with Gasteiger partial charge in [0.05, 0.1) is 11.4 Å². The molecule has 0 saturated carbocycles. The fraction of sp³-hybridized carbons (Fsp3) is 0. The minimum atomic E-state index is 0.647. The fourth-order valence-electron chi connectivity index (χ4n) is 7.38. The first kappa shape index (κ1) is 37.5. The van der Waals surface area contributed by atoms with Crippen molar-refractivity contribution in [3.8, 4) is 90.1 Å². The lowest BCUT2D eigenvalue weighted by atomic mass is 9.98. The molecule has 0 aliphatic heterocycles. The summed E-state index contributed by atoms with van der Waals surface area (Å²) in [4.78, 5) is 22.1. The third kappa shape index (κ3) is 8.55. The van der Waals surface area contributed by atoms with Crippen molar-refractivity contribution in [2.75, 3.05) is 0 Å². The van der Waals surface area contributed by atoms with E-state index >= 15 is 0 Å². The van der Waals surface area contributed by atoms with Crippen LogP contribution in [0.1, 0.15) is 0 Å². The van der Waals surface area contributed by atoms with Crippen LogP contribution in [0.25, 0.3) is 90.1 Å². The maximum Gasteiger partial charge on any atom is 0.164 e. The Balaban J connectivity index is 0.827. The first-order valence-corrected chi connectivity index (χ1v) is 21.1. The van der Waals surface area contributed by atoms with E-state index in [4.69, 9.17) is 19.9 Å². The number of aromatic nitrogens is 4. The first-order valence-electron chi connectivity index (χ1n) is 20.3. The van der Waals surface area contributed by atoms with Gasteiger partial charge in [0.15, 0.2) is 17.5 Å². The molecule has 4 nitrogen and oxygen atoms in total. The molecule has 0 radical (unpaired) electrons. The average Bonchev–Trinajstić information content (AvgIpc) is 3.35. The Morgan fingerprint density at radius 1 is 0.213 bits per heavy atom. The molecule has 5 heteroatoms. The van der Waals surface area contributed by atoms with Crippen LogP contribution in [-0.2, 0) is 0 Å². The third-order valence-electron chi connectivity index (χ3n) is 10.6. The Bertz CT molecular complexity index is 2700. The van der Waals surface area contributed by atoms with Gasteiger partial charge in [0, 0.05) is 37.6 Å². The second-order valence-corrected chi connectivity index (χ2v) is 15.8. The molecule has 288 valence electrons. The van der Waals surface area contributed by atoms with Crippen LogP contribution in [0.3, 0.4) is 0 Å². The molecule has 0 N–H and O–H groups in total. The van der Waals surface area contributed by atoms with Gasteiger partial charge in [-0.15, -0.1) is 0 Å². The normalized spacial score (nSPS) is 11.0. The van der Waals surface area contributed by atoms with Crippen molar-refractivity contribution in [2.24, 2.45) is 0 Å². The van der Waals surface area contributed by atoms with Crippen molar-refractivity contribution in [1.29, 1.82) is 0 Å². The summed E-state index contributed by atoms with van der Waals surface area (Å²) in [6.45, 7) is 0. The third-order valence-corrected chi connectivity index (χ3v) is 11.7. The van der Waals surface area contributed by atoms with Crippen LogP contribution in [0.2, 0.25) is 0 Å². The summed E-state index contributed by atoms with van der Waals surface area (Å²) in [7, 11) is 0. The van der Waals surface area contributed by atoms with E-state index in [9.17, 15) is 0 Å². The SMILES string of the molecule is c1ccc(-c2cc(-c3ccccc3)nc(-c3ccc(-c4ccc(Sc5ccc(-c6ccc(-c7nc(-c8ccccc8)nc(-c8ccccc8)n7)cc6)cc5)cc4)cc3)c2)cc1. The maximum absolute atomic E-state index is 5.10. The maximum atomic E-state index is 5.10. The van der Waals surface area contributed by atoms with Crippen molar-refractivity contribution in [2.45, 2.75) is 9.79 Å². The quantitative estimate of drug-likeness (QED) is 0.138. The van der Waals surface area contributed by atoms with Gasteiger partial charge < -0.3 is 0 Å². The summed E-state index contributed by atoms with van der Waals surface area (Å²) < 4.78 is 0. The van der Waals surface area contributed by atoms with Crippen LogP contribution in [0.5, 0.6) is 0 Å². The lowest BCUT2D eigenvalue weighted by Gasteiger charge is -2.11. The van der Waals surface area contributed by atoms with Crippen LogP contribution < -0.4 is 0 Å². The summed E-state index contributed by atoms with van der Waals surface area (Å²) in [5.41, 5.74) is 13.9. The molecule has 0 aliphatic carbocycles. The van der Waals surface area contributed by atoms with Gasteiger partial charge in [-0.05, 0) is 69.8 Å². The Hall–Kier alpha value is -7.73. The molecule has 0 bridgehead atoms. The molecule has 61 heavy (non-hydrogen) atoms. The molecule has 0 spiro atoms. The summed E-state index contributed by atoms with van der Waals surface area (Å²) in [6.07, 6.45) is 0. The highest BCUT2D eigenvalue weighted by Crippen LogP contribution is 2.35. The monoisotopic (exact) mass is 798 g/mol. The Kier molecular flexibility index (Phi) is 10.6. The zero-order valence-corrected chi connectivity index (χ0v) is 34.0. The molecule has 0 saturated heterocycles. The summed E-state index contributed by atoms with van der Waals surface area (Å²) >= 11 is 1.76. The van der Waals surface area contributed by atoms with Crippen LogP contribution in [0.4, 0.5) is 0 Å². The van der Waals surface area contributed by atoms with E-state index in [2.05, 4.69) is 164 Å². The summed E-state index contributed by atoms with van der Waals surface area (Å²) in [5.74, 6) is 1.96. The van der Waals surface area contributed by atoms with Crippen LogP contribution in [0.15, 0.2) is 240 Å². The van der Waals surface area contributed by atoms with Gasteiger partial charge in [-0.1, -0.05) is 206 Å². The number of nitrogens with zero attached hydrogens (tertiary/aromatic N) is 4. The second-order valence-electron chi connectivity index (χ2n) is 14.7. The van der Waals surface area contributed by atoms with Gasteiger partial charge in [0.2, 0.25) is 0 Å². The molecular weight excluding hydrogens is 761 g/mol. The number of pyridine rings is 1. The summed E-state index contributed by atoms with van der Waals surface area (Å²) in [5, 5.41) is 0. The van der Waals surface area contributed by atoms with Gasteiger partial charge in [-0.25, -0.2) is 19.9 Å². The largest absolute Gasteiger partial charge is 0.248 e. The molecule has 0 atom stereocenters. The lowest BCUT2D eigenvalue weighted by Crippen LogP contribution is -2.00. The molecule has 0 unspecified atom stereocenters. The predicted molar refractivity (Wildman–Crippen MR) is 252 cm³/mol. The minimum absolute atomic E-state index is 0.647. The number of hydrogen-bond donors (Lipinski definition) is 0. The number of hydrogen-bond acceptors (Lipinski definition) is 5. The molecule has 10 rings (SSSR count). The Morgan fingerprint density at radius 2 is 0.475 bits per heavy atom. The van der Waals surface area contributed by atoms with E-state index in [1.807, 2.05) is 66.7 Å². The Labute approximate surface area is 360 Å². The second kappa shape index (κ2) is 17.2. The summed E-state index contributed by atoms with van der Waals surface area (Å²) in [6, 6.07) is 80.1. The van der Waals surface area contributed by atoms with Crippen molar-refractivity contribution < 1.29 is 0 Å². The van der Waals surface area contributed by atoms with Crippen LogP contribution in [-0.4, -0.2) is 19.9 Å². The number of rotatable bonds is 10. The molecule has 0 aliphatic rings. The van der Waals surface area contributed by atoms with Gasteiger partial charge >= 0.3 is 0 Å². The molecule has 0 amide bonds. The first-order chi connectivity index (χ1) is 30.2. The molecular formula is C56H38N4S. The van der Waals surface area contributed by atoms with Crippen molar-refractivity contribution >= 4 is 11.8 Å².